The van der Waals surface area contributed by atoms with Gasteiger partial charge < -0.3 is 0 Å². The van der Waals surface area contributed by atoms with Crippen molar-refractivity contribution in [2.45, 2.75) is 6.18 Å². The van der Waals surface area contributed by atoms with E-state index in [0.717, 1.165) is 30.3 Å². The first-order chi connectivity index (χ1) is 9.30. The molecule has 6 heteroatoms. The standard InChI is InChI=1S/C14H7ClF4O/c15-12-10(2-1-3-11(12)16)13(20)8-4-6-9(7-5-8)14(17,18)19/h1-7H. The van der Waals surface area contributed by atoms with Crippen LogP contribution >= 0.6 is 11.6 Å². The van der Waals surface area contributed by atoms with Gasteiger partial charge in [0.25, 0.3) is 0 Å². The van der Waals surface area contributed by atoms with Gasteiger partial charge in [-0.15, -0.1) is 0 Å². The van der Waals surface area contributed by atoms with Crippen LogP contribution in [0.25, 0.3) is 0 Å². The van der Waals surface area contributed by atoms with Gasteiger partial charge >= 0.3 is 6.18 Å². The van der Waals surface area contributed by atoms with Crippen LogP contribution in [0.2, 0.25) is 5.02 Å². The molecule has 0 aliphatic heterocycles. The Morgan fingerprint density at radius 2 is 1.60 bits per heavy atom. The fraction of sp³-hybridized carbons (Fsp3) is 0.0714. The Kier molecular flexibility index (Phi) is 3.81. The van der Waals surface area contributed by atoms with Crippen molar-refractivity contribution >= 4 is 17.4 Å². The summed E-state index contributed by atoms with van der Waals surface area (Å²) < 4.78 is 50.5. The zero-order valence-electron chi connectivity index (χ0n) is 9.84. The van der Waals surface area contributed by atoms with E-state index in [2.05, 4.69) is 0 Å². The molecule has 2 rings (SSSR count). The maximum Gasteiger partial charge on any atom is 0.416 e. The van der Waals surface area contributed by atoms with Gasteiger partial charge in [-0.1, -0.05) is 29.8 Å². The molecule has 0 saturated carbocycles. The Balaban J connectivity index is 2.37. The second kappa shape index (κ2) is 5.25. The summed E-state index contributed by atoms with van der Waals surface area (Å²) >= 11 is 5.67. The molecule has 0 aromatic heterocycles. The molecule has 2 aromatic carbocycles. The highest BCUT2D eigenvalue weighted by Crippen LogP contribution is 2.30. The molecule has 104 valence electrons. The highest BCUT2D eigenvalue weighted by atomic mass is 35.5. The Bertz CT molecular complexity index is 647. The van der Waals surface area contributed by atoms with E-state index in [-0.39, 0.29) is 16.1 Å². The lowest BCUT2D eigenvalue weighted by Gasteiger charge is -2.08. The first-order valence-corrected chi connectivity index (χ1v) is 5.84. The smallest absolute Gasteiger partial charge is 0.289 e. The normalized spacial score (nSPS) is 11.4. The first kappa shape index (κ1) is 14.5. The van der Waals surface area contributed by atoms with Crippen LogP contribution in [0, 0.1) is 5.82 Å². The minimum atomic E-state index is -4.47. The van der Waals surface area contributed by atoms with E-state index in [1.807, 2.05) is 0 Å². The van der Waals surface area contributed by atoms with Gasteiger partial charge in [-0.3, -0.25) is 4.79 Å². The third-order valence-electron chi connectivity index (χ3n) is 2.67. The second-order valence-electron chi connectivity index (χ2n) is 4.01. The van der Waals surface area contributed by atoms with Crippen LogP contribution in [0.15, 0.2) is 42.5 Å². The average Bonchev–Trinajstić information content (AvgIpc) is 2.40. The van der Waals surface area contributed by atoms with Gasteiger partial charge in [0, 0.05) is 11.1 Å². The molecule has 0 unspecified atom stereocenters. The van der Waals surface area contributed by atoms with Crippen LogP contribution in [0.5, 0.6) is 0 Å². The molecule has 0 aliphatic carbocycles. The molecule has 0 amide bonds. The van der Waals surface area contributed by atoms with Gasteiger partial charge in [0.15, 0.2) is 5.78 Å². The third kappa shape index (κ3) is 2.82. The SMILES string of the molecule is O=C(c1ccc(C(F)(F)F)cc1)c1cccc(F)c1Cl. The predicted molar refractivity (Wildman–Crippen MR) is 66.3 cm³/mol. The fourth-order valence-electron chi connectivity index (χ4n) is 1.65. The topological polar surface area (TPSA) is 17.1 Å². The van der Waals surface area contributed by atoms with Crippen LogP contribution in [-0.4, -0.2) is 5.78 Å². The number of rotatable bonds is 2. The summed E-state index contributed by atoms with van der Waals surface area (Å²) in [5.74, 6) is -1.40. The van der Waals surface area contributed by atoms with E-state index in [9.17, 15) is 22.4 Å². The maximum atomic E-state index is 13.2. The van der Waals surface area contributed by atoms with E-state index in [0.29, 0.717) is 0 Å². The summed E-state index contributed by atoms with van der Waals surface area (Å²) in [6.45, 7) is 0. The van der Waals surface area contributed by atoms with Gasteiger partial charge in [-0.2, -0.15) is 13.2 Å². The number of ketones is 1. The molecular weight excluding hydrogens is 296 g/mol. The number of carbonyl (C=O) groups excluding carboxylic acids is 1. The van der Waals surface area contributed by atoms with E-state index in [4.69, 9.17) is 11.6 Å². The fourth-order valence-corrected chi connectivity index (χ4v) is 1.86. The van der Waals surface area contributed by atoms with Crippen molar-refractivity contribution in [1.82, 2.24) is 0 Å². The Morgan fingerprint density at radius 3 is 2.15 bits per heavy atom. The van der Waals surface area contributed by atoms with Crippen molar-refractivity contribution < 1.29 is 22.4 Å². The quantitative estimate of drug-likeness (QED) is 0.579. The van der Waals surface area contributed by atoms with Crippen molar-refractivity contribution in [2.24, 2.45) is 0 Å². The second-order valence-corrected chi connectivity index (χ2v) is 4.38. The lowest BCUT2D eigenvalue weighted by Crippen LogP contribution is -2.07. The zero-order chi connectivity index (χ0) is 14.9. The van der Waals surface area contributed by atoms with Crippen molar-refractivity contribution in [3.05, 3.63) is 70.0 Å². The molecule has 0 radical (unpaired) electrons. The molecular formula is C14H7ClF4O. The monoisotopic (exact) mass is 302 g/mol. The van der Waals surface area contributed by atoms with Crippen molar-refractivity contribution in [1.29, 1.82) is 0 Å². The van der Waals surface area contributed by atoms with Gasteiger partial charge in [0.05, 0.1) is 10.6 Å². The molecule has 0 spiro atoms. The van der Waals surface area contributed by atoms with Crippen molar-refractivity contribution in [2.75, 3.05) is 0 Å². The molecule has 20 heavy (non-hydrogen) atoms. The number of alkyl halides is 3. The molecule has 1 nitrogen and oxygen atoms in total. The summed E-state index contributed by atoms with van der Waals surface area (Å²) in [5.41, 5.74) is -0.948. The summed E-state index contributed by atoms with van der Waals surface area (Å²) in [4.78, 5) is 12.0. The number of benzene rings is 2. The molecule has 2 aromatic rings. The zero-order valence-corrected chi connectivity index (χ0v) is 10.6. The Hall–Kier alpha value is -1.88. The number of halogens is 5. The summed E-state index contributed by atoms with van der Waals surface area (Å²) in [6, 6.07) is 7.36. The van der Waals surface area contributed by atoms with E-state index in [1.165, 1.54) is 12.1 Å². The lowest BCUT2D eigenvalue weighted by molar-refractivity contribution is -0.137. The highest BCUT2D eigenvalue weighted by molar-refractivity contribution is 6.35. The van der Waals surface area contributed by atoms with Crippen LogP contribution in [0.4, 0.5) is 17.6 Å². The summed E-state index contributed by atoms with van der Waals surface area (Å²) in [7, 11) is 0. The van der Waals surface area contributed by atoms with Gasteiger partial charge in [-0.25, -0.2) is 4.39 Å². The predicted octanol–water partition coefficient (Wildman–Crippen LogP) is 4.73. The van der Waals surface area contributed by atoms with E-state index in [1.54, 1.807) is 0 Å². The van der Waals surface area contributed by atoms with Crippen molar-refractivity contribution in [3.8, 4) is 0 Å². The van der Waals surface area contributed by atoms with Gasteiger partial charge in [0.2, 0.25) is 0 Å². The minimum absolute atomic E-state index is 0.00509. The average molecular weight is 303 g/mol. The summed E-state index contributed by atoms with van der Waals surface area (Å²) in [5, 5.41) is -0.350. The molecule has 0 N–H and O–H groups in total. The van der Waals surface area contributed by atoms with Gasteiger partial charge in [0.1, 0.15) is 5.82 Å². The van der Waals surface area contributed by atoms with Crippen LogP contribution in [0.1, 0.15) is 21.5 Å². The third-order valence-corrected chi connectivity index (χ3v) is 3.05. The molecule has 0 bridgehead atoms. The number of carbonyl (C=O) groups is 1. The largest absolute Gasteiger partial charge is 0.416 e. The number of hydrogen-bond acceptors (Lipinski definition) is 1. The maximum absolute atomic E-state index is 13.2. The lowest BCUT2D eigenvalue weighted by atomic mass is 10.0. The summed E-state index contributed by atoms with van der Waals surface area (Å²) in [6.07, 6.45) is -4.47. The molecule has 0 heterocycles. The first-order valence-electron chi connectivity index (χ1n) is 5.46. The van der Waals surface area contributed by atoms with Crippen LogP contribution in [-0.2, 0) is 6.18 Å². The van der Waals surface area contributed by atoms with E-state index < -0.39 is 23.3 Å². The molecule has 0 saturated heterocycles. The van der Waals surface area contributed by atoms with Crippen LogP contribution < -0.4 is 0 Å². The van der Waals surface area contributed by atoms with Gasteiger partial charge in [-0.05, 0) is 24.3 Å². The van der Waals surface area contributed by atoms with E-state index >= 15 is 0 Å². The van der Waals surface area contributed by atoms with Crippen LogP contribution in [0.3, 0.4) is 0 Å². The number of hydrogen-bond donors (Lipinski definition) is 0. The molecule has 0 atom stereocenters. The Labute approximate surface area is 116 Å². The Morgan fingerprint density at radius 1 is 1.00 bits per heavy atom. The molecule has 0 aliphatic rings. The van der Waals surface area contributed by atoms with Crippen molar-refractivity contribution in [3.63, 3.8) is 0 Å². The minimum Gasteiger partial charge on any atom is -0.289 e. The highest BCUT2D eigenvalue weighted by Gasteiger charge is 2.30. The molecule has 0 fully saturated rings.